The van der Waals surface area contributed by atoms with Gasteiger partial charge in [-0.1, -0.05) is 0 Å². The zero-order valence-corrected chi connectivity index (χ0v) is 14.6. The van der Waals surface area contributed by atoms with Crippen molar-refractivity contribution in [1.82, 2.24) is 19.7 Å². The average Bonchev–Trinajstić information content (AvgIpc) is 3.19. The maximum atomic E-state index is 12.6. The largest absolute Gasteiger partial charge is 0.340 e. The number of pyridine rings is 1. The van der Waals surface area contributed by atoms with Crippen LogP contribution in [0.3, 0.4) is 0 Å². The van der Waals surface area contributed by atoms with Gasteiger partial charge in [0.15, 0.2) is 0 Å². The maximum Gasteiger partial charge on any atom is 0.224 e. The van der Waals surface area contributed by atoms with E-state index < -0.39 is 0 Å². The zero-order chi connectivity index (χ0) is 16.9. The van der Waals surface area contributed by atoms with Gasteiger partial charge in [-0.15, -0.1) is 0 Å². The van der Waals surface area contributed by atoms with Crippen LogP contribution >= 0.6 is 0 Å². The number of carbonyl (C=O) groups is 1. The normalized spacial score (nSPS) is 17.4. The van der Waals surface area contributed by atoms with Gasteiger partial charge in [-0.2, -0.15) is 5.10 Å². The predicted octanol–water partition coefficient (Wildman–Crippen LogP) is 2.91. The van der Waals surface area contributed by atoms with Gasteiger partial charge >= 0.3 is 0 Å². The van der Waals surface area contributed by atoms with E-state index in [-0.39, 0.29) is 5.91 Å². The number of amides is 1. The van der Waals surface area contributed by atoms with Crippen molar-refractivity contribution in [3.05, 3.63) is 47.5 Å². The highest BCUT2D eigenvalue weighted by Gasteiger charge is 2.27. The highest BCUT2D eigenvalue weighted by Crippen LogP contribution is 2.23. The van der Waals surface area contributed by atoms with Crippen molar-refractivity contribution in [2.24, 2.45) is 0 Å². The first-order valence-electron chi connectivity index (χ1n) is 8.83. The van der Waals surface area contributed by atoms with E-state index in [4.69, 9.17) is 0 Å². The zero-order valence-electron chi connectivity index (χ0n) is 14.6. The van der Waals surface area contributed by atoms with E-state index in [2.05, 4.69) is 27.1 Å². The number of aryl methyl sites for hydroxylation is 4. The molecule has 5 heteroatoms. The van der Waals surface area contributed by atoms with Crippen molar-refractivity contribution < 1.29 is 4.79 Å². The number of carbonyl (C=O) groups excluding carboxylic acids is 1. The minimum Gasteiger partial charge on any atom is -0.340 e. The van der Waals surface area contributed by atoms with Gasteiger partial charge in [0.25, 0.3) is 0 Å². The van der Waals surface area contributed by atoms with E-state index in [9.17, 15) is 4.79 Å². The summed E-state index contributed by atoms with van der Waals surface area (Å²) in [7, 11) is 0. The third kappa shape index (κ3) is 4.22. The van der Waals surface area contributed by atoms with Gasteiger partial charge in [-0.25, -0.2) is 0 Å². The Morgan fingerprint density at radius 3 is 2.92 bits per heavy atom. The molecule has 1 saturated heterocycles. The average molecular weight is 326 g/mol. The molecule has 24 heavy (non-hydrogen) atoms. The molecule has 1 fully saturated rings. The van der Waals surface area contributed by atoms with Gasteiger partial charge in [0, 0.05) is 43.6 Å². The fourth-order valence-corrected chi connectivity index (χ4v) is 3.50. The second-order valence-corrected chi connectivity index (χ2v) is 6.70. The monoisotopic (exact) mass is 326 g/mol. The summed E-state index contributed by atoms with van der Waals surface area (Å²) in [5, 5.41) is 4.35. The van der Waals surface area contributed by atoms with Gasteiger partial charge in [0.1, 0.15) is 0 Å². The fraction of sp³-hybridized carbons (Fsp3) is 0.526. The lowest BCUT2D eigenvalue weighted by Gasteiger charge is -2.25. The first-order valence-corrected chi connectivity index (χ1v) is 8.83. The summed E-state index contributed by atoms with van der Waals surface area (Å²) in [5.41, 5.74) is 3.37. The summed E-state index contributed by atoms with van der Waals surface area (Å²) < 4.78 is 1.86. The Labute approximate surface area is 143 Å². The molecule has 0 bridgehead atoms. The molecule has 128 valence electrons. The number of aromatic nitrogens is 3. The summed E-state index contributed by atoms with van der Waals surface area (Å²) in [6, 6.07) is 6.57. The third-order valence-corrected chi connectivity index (χ3v) is 4.75. The number of likely N-dealkylation sites (tertiary alicyclic amines) is 1. The molecule has 2 aromatic heterocycles. The van der Waals surface area contributed by atoms with Crippen LogP contribution in [0.4, 0.5) is 0 Å². The summed E-state index contributed by atoms with van der Waals surface area (Å²) in [4.78, 5) is 18.9. The van der Waals surface area contributed by atoms with Crippen LogP contribution in [-0.2, 0) is 17.8 Å². The van der Waals surface area contributed by atoms with Crippen molar-refractivity contribution in [2.45, 2.75) is 58.5 Å². The van der Waals surface area contributed by atoms with E-state index in [0.717, 1.165) is 43.6 Å². The Morgan fingerprint density at radius 2 is 2.17 bits per heavy atom. The molecule has 0 aliphatic carbocycles. The van der Waals surface area contributed by atoms with Crippen LogP contribution in [0.2, 0.25) is 0 Å². The smallest absolute Gasteiger partial charge is 0.224 e. The first kappa shape index (κ1) is 16.7. The summed E-state index contributed by atoms with van der Waals surface area (Å²) in [6.07, 6.45) is 8.63. The molecular weight excluding hydrogens is 300 g/mol. The number of hydrogen-bond acceptors (Lipinski definition) is 3. The van der Waals surface area contributed by atoms with E-state index >= 15 is 0 Å². The van der Waals surface area contributed by atoms with E-state index in [0.29, 0.717) is 19.0 Å². The molecule has 3 heterocycles. The summed E-state index contributed by atoms with van der Waals surface area (Å²) in [5.74, 6) is 0.261. The van der Waals surface area contributed by atoms with Crippen LogP contribution in [0, 0.1) is 13.8 Å². The molecule has 0 aromatic carbocycles. The summed E-state index contributed by atoms with van der Waals surface area (Å²) in [6.45, 7) is 5.55. The van der Waals surface area contributed by atoms with E-state index in [1.807, 2.05) is 37.0 Å². The molecule has 3 rings (SSSR count). The predicted molar refractivity (Wildman–Crippen MR) is 93.6 cm³/mol. The second-order valence-electron chi connectivity index (χ2n) is 6.70. The molecule has 0 unspecified atom stereocenters. The van der Waals surface area contributed by atoms with E-state index in [1.54, 1.807) is 0 Å². The highest BCUT2D eigenvalue weighted by atomic mass is 16.2. The minimum absolute atomic E-state index is 0.261. The third-order valence-electron chi connectivity index (χ3n) is 4.75. The topological polar surface area (TPSA) is 51.0 Å². The van der Waals surface area contributed by atoms with Crippen LogP contribution in [0.1, 0.15) is 42.6 Å². The number of hydrogen-bond donors (Lipinski definition) is 0. The molecule has 1 aliphatic rings. The van der Waals surface area contributed by atoms with Gasteiger partial charge in [-0.05, 0) is 63.3 Å². The molecule has 0 spiro atoms. The minimum atomic E-state index is 0.261. The van der Waals surface area contributed by atoms with Crippen LogP contribution in [0.5, 0.6) is 0 Å². The highest BCUT2D eigenvalue weighted by molar-refractivity contribution is 5.76. The molecule has 2 aromatic rings. The SMILES string of the molecule is Cc1cc(CC[C@H]2CCCN2C(=O)CCn2ccc(C)n2)ccn1. The summed E-state index contributed by atoms with van der Waals surface area (Å²) >= 11 is 0. The Bertz CT molecular complexity index is 694. The van der Waals surface area contributed by atoms with Crippen LogP contribution < -0.4 is 0 Å². The standard InChI is InChI=1S/C19H26N4O/c1-15-8-12-22(21-15)13-9-19(24)23-11-3-4-18(23)6-5-17-7-10-20-16(2)14-17/h7-8,10,12,14,18H,3-6,9,11,13H2,1-2H3/t18-/m1/s1. The molecular formula is C19H26N4O. The van der Waals surface area contributed by atoms with Crippen molar-refractivity contribution in [3.63, 3.8) is 0 Å². The molecule has 0 saturated carbocycles. The van der Waals surface area contributed by atoms with Crippen molar-refractivity contribution in [1.29, 1.82) is 0 Å². The van der Waals surface area contributed by atoms with Crippen LogP contribution in [-0.4, -0.2) is 38.2 Å². The second kappa shape index (κ2) is 7.60. The quantitative estimate of drug-likeness (QED) is 0.820. The lowest BCUT2D eigenvalue weighted by atomic mass is 10.0. The molecule has 0 radical (unpaired) electrons. The Hall–Kier alpha value is -2.17. The van der Waals surface area contributed by atoms with Crippen LogP contribution in [0.15, 0.2) is 30.6 Å². The molecule has 1 aliphatic heterocycles. The fourth-order valence-electron chi connectivity index (χ4n) is 3.50. The Balaban J connectivity index is 1.51. The maximum absolute atomic E-state index is 12.6. The number of rotatable bonds is 6. The lowest BCUT2D eigenvalue weighted by molar-refractivity contribution is -0.132. The molecule has 1 amide bonds. The first-order chi connectivity index (χ1) is 11.6. The Morgan fingerprint density at radius 1 is 1.29 bits per heavy atom. The van der Waals surface area contributed by atoms with E-state index in [1.165, 1.54) is 5.56 Å². The lowest BCUT2D eigenvalue weighted by Crippen LogP contribution is -2.36. The molecule has 5 nitrogen and oxygen atoms in total. The Kier molecular flexibility index (Phi) is 5.28. The molecule has 1 atom stereocenters. The van der Waals surface area contributed by atoms with Crippen molar-refractivity contribution >= 4 is 5.91 Å². The van der Waals surface area contributed by atoms with Crippen molar-refractivity contribution in [2.75, 3.05) is 6.54 Å². The van der Waals surface area contributed by atoms with Gasteiger partial charge in [-0.3, -0.25) is 14.5 Å². The van der Waals surface area contributed by atoms with Crippen LogP contribution in [0.25, 0.3) is 0 Å². The number of nitrogens with zero attached hydrogens (tertiary/aromatic N) is 4. The van der Waals surface area contributed by atoms with Crippen molar-refractivity contribution in [3.8, 4) is 0 Å². The van der Waals surface area contributed by atoms with Gasteiger partial charge in [0.2, 0.25) is 5.91 Å². The molecule has 0 N–H and O–H groups in total. The van der Waals surface area contributed by atoms with Gasteiger partial charge < -0.3 is 4.90 Å². The van der Waals surface area contributed by atoms with Gasteiger partial charge in [0.05, 0.1) is 5.69 Å².